The molecule has 2 aromatic rings. The number of methoxy groups -OCH3 is 1. The van der Waals surface area contributed by atoms with Gasteiger partial charge < -0.3 is 10.1 Å². The lowest BCUT2D eigenvalue weighted by Gasteiger charge is -2.15. The molecule has 1 aromatic heterocycles. The van der Waals surface area contributed by atoms with Crippen molar-refractivity contribution in [3.63, 3.8) is 0 Å². The second-order valence-corrected chi connectivity index (χ2v) is 5.76. The lowest BCUT2D eigenvalue weighted by Crippen LogP contribution is -2.06. The van der Waals surface area contributed by atoms with E-state index in [1.807, 2.05) is 30.6 Å². The molecule has 1 heterocycles. The van der Waals surface area contributed by atoms with Gasteiger partial charge in [-0.1, -0.05) is 0 Å². The van der Waals surface area contributed by atoms with Crippen LogP contribution in [-0.4, -0.2) is 12.1 Å². The van der Waals surface area contributed by atoms with Crippen molar-refractivity contribution >= 4 is 33.0 Å². The topological polar surface area (TPSA) is 34.1 Å². The Morgan fingerprint density at radius 2 is 2.22 bits per heavy atom. The Morgan fingerprint density at radius 3 is 2.78 bits per heavy atom. The Hall–Kier alpha value is -1.07. The monoisotopic (exact) mass is 326 g/mol. The van der Waals surface area contributed by atoms with Gasteiger partial charge in [0.15, 0.2) is 0 Å². The first-order chi connectivity index (χ1) is 8.61. The normalized spacial score (nSPS) is 12.2. The largest absolute Gasteiger partial charge is 0.496 e. The zero-order valence-corrected chi connectivity index (χ0v) is 12.9. The number of nitrogens with zero attached hydrogens (tertiary/aromatic N) is 1. The molecule has 0 aliphatic heterocycles. The Kier molecular flexibility index (Phi) is 4.24. The minimum Gasteiger partial charge on any atom is -0.496 e. The predicted molar refractivity (Wildman–Crippen MR) is 79.6 cm³/mol. The number of aryl methyl sites for hydroxylation is 1. The second-order valence-electron chi connectivity index (χ2n) is 4.02. The summed E-state index contributed by atoms with van der Waals surface area (Å²) in [4.78, 5) is 5.54. The van der Waals surface area contributed by atoms with E-state index in [0.29, 0.717) is 0 Å². The Morgan fingerprint density at radius 1 is 1.44 bits per heavy atom. The molecule has 18 heavy (non-hydrogen) atoms. The number of rotatable bonds is 4. The standard InChI is InChI=1S/C13H15BrN2OS/c1-8-13(18-7-15-8)9(2)16-10-4-5-12(17-3)11(14)6-10/h4-7,9,16H,1-3H3. The van der Waals surface area contributed by atoms with Crippen molar-refractivity contribution in [2.45, 2.75) is 19.9 Å². The molecular formula is C13H15BrN2OS. The molecule has 0 amide bonds. The van der Waals surface area contributed by atoms with E-state index >= 15 is 0 Å². The fourth-order valence-electron chi connectivity index (χ4n) is 1.80. The molecule has 0 saturated carbocycles. The van der Waals surface area contributed by atoms with Gasteiger partial charge in [0.2, 0.25) is 0 Å². The van der Waals surface area contributed by atoms with Gasteiger partial charge in [0.25, 0.3) is 0 Å². The number of thiazole rings is 1. The van der Waals surface area contributed by atoms with E-state index in [1.165, 1.54) is 4.88 Å². The maximum absolute atomic E-state index is 5.21. The van der Waals surface area contributed by atoms with Crippen LogP contribution in [0.5, 0.6) is 5.75 Å². The zero-order chi connectivity index (χ0) is 13.1. The van der Waals surface area contributed by atoms with Crippen LogP contribution >= 0.6 is 27.3 Å². The third-order valence-corrected chi connectivity index (χ3v) is 4.44. The van der Waals surface area contributed by atoms with Crippen molar-refractivity contribution in [1.82, 2.24) is 4.98 Å². The maximum atomic E-state index is 5.21. The number of aromatic nitrogens is 1. The first-order valence-corrected chi connectivity index (χ1v) is 7.29. The third-order valence-electron chi connectivity index (χ3n) is 2.71. The number of nitrogens with one attached hydrogen (secondary N) is 1. The lowest BCUT2D eigenvalue weighted by atomic mass is 10.2. The summed E-state index contributed by atoms with van der Waals surface area (Å²) < 4.78 is 6.16. The van der Waals surface area contributed by atoms with E-state index in [-0.39, 0.29) is 6.04 Å². The molecule has 0 saturated heterocycles. The smallest absolute Gasteiger partial charge is 0.133 e. The molecular weight excluding hydrogens is 312 g/mol. The van der Waals surface area contributed by atoms with E-state index in [1.54, 1.807) is 18.4 Å². The number of ether oxygens (including phenoxy) is 1. The van der Waals surface area contributed by atoms with Crippen LogP contribution in [0.15, 0.2) is 28.2 Å². The van der Waals surface area contributed by atoms with Crippen LogP contribution in [0.25, 0.3) is 0 Å². The summed E-state index contributed by atoms with van der Waals surface area (Å²) in [7, 11) is 1.66. The highest BCUT2D eigenvalue weighted by Crippen LogP contribution is 2.30. The summed E-state index contributed by atoms with van der Waals surface area (Å²) >= 11 is 5.16. The van der Waals surface area contributed by atoms with E-state index in [0.717, 1.165) is 21.6 Å². The minimum absolute atomic E-state index is 0.248. The van der Waals surface area contributed by atoms with Crippen LogP contribution in [-0.2, 0) is 0 Å². The number of hydrogen-bond acceptors (Lipinski definition) is 4. The van der Waals surface area contributed by atoms with Gasteiger partial charge in [0.05, 0.1) is 28.8 Å². The summed E-state index contributed by atoms with van der Waals surface area (Å²) in [6.07, 6.45) is 0. The first kappa shape index (κ1) is 13.4. The van der Waals surface area contributed by atoms with Gasteiger partial charge >= 0.3 is 0 Å². The molecule has 1 atom stereocenters. The van der Waals surface area contributed by atoms with Crippen LogP contribution in [0.3, 0.4) is 0 Å². The highest BCUT2D eigenvalue weighted by Gasteiger charge is 2.11. The summed E-state index contributed by atoms with van der Waals surface area (Å²) in [6.45, 7) is 4.17. The van der Waals surface area contributed by atoms with Crippen molar-refractivity contribution in [2.75, 3.05) is 12.4 Å². The number of halogens is 1. The highest BCUT2D eigenvalue weighted by atomic mass is 79.9. The molecule has 0 aliphatic carbocycles. The zero-order valence-electron chi connectivity index (χ0n) is 10.5. The van der Waals surface area contributed by atoms with E-state index < -0.39 is 0 Å². The summed E-state index contributed by atoms with van der Waals surface area (Å²) in [6, 6.07) is 6.22. The molecule has 0 bridgehead atoms. The number of hydrogen-bond donors (Lipinski definition) is 1. The molecule has 1 aromatic carbocycles. The molecule has 2 rings (SSSR count). The molecule has 96 valence electrons. The number of anilines is 1. The summed E-state index contributed by atoms with van der Waals surface area (Å²) in [5.41, 5.74) is 4.03. The minimum atomic E-state index is 0.248. The van der Waals surface area contributed by atoms with Crippen molar-refractivity contribution in [3.8, 4) is 5.75 Å². The van der Waals surface area contributed by atoms with Crippen molar-refractivity contribution in [3.05, 3.63) is 38.8 Å². The second kappa shape index (κ2) is 5.71. The van der Waals surface area contributed by atoms with Crippen molar-refractivity contribution in [2.24, 2.45) is 0 Å². The molecule has 0 fully saturated rings. The van der Waals surface area contributed by atoms with Crippen LogP contribution < -0.4 is 10.1 Å². The molecule has 0 aliphatic rings. The van der Waals surface area contributed by atoms with Gasteiger partial charge in [-0.05, 0) is 48.0 Å². The first-order valence-electron chi connectivity index (χ1n) is 5.62. The van der Waals surface area contributed by atoms with Crippen LogP contribution in [0.2, 0.25) is 0 Å². The summed E-state index contributed by atoms with van der Waals surface area (Å²) in [5.74, 6) is 0.835. The van der Waals surface area contributed by atoms with Crippen molar-refractivity contribution in [1.29, 1.82) is 0 Å². The fourth-order valence-corrected chi connectivity index (χ4v) is 3.15. The Balaban J connectivity index is 2.15. The van der Waals surface area contributed by atoms with Gasteiger partial charge in [-0.2, -0.15) is 0 Å². The Bertz CT molecular complexity index is 542. The van der Waals surface area contributed by atoms with Gasteiger partial charge in [0.1, 0.15) is 5.75 Å². The van der Waals surface area contributed by atoms with E-state index in [9.17, 15) is 0 Å². The SMILES string of the molecule is COc1ccc(NC(C)c2scnc2C)cc1Br. The van der Waals surface area contributed by atoms with Gasteiger partial charge in [-0.15, -0.1) is 11.3 Å². The molecule has 3 nitrogen and oxygen atoms in total. The van der Waals surface area contributed by atoms with E-state index in [2.05, 4.69) is 33.2 Å². The van der Waals surface area contributed by atoms with Crippen LogP contribution in [0.1, 0.15) is 23.5 Å². The van der Waals surface area contributed by atoms with Gasteiger partial charge in [0, 0.05) is 10.6 Å². The summed E-state index contributed by atoms with van der Waals surface area (Å²) in [5, 5.41) is 3.46. The lowest BCUT2D eigenvalue weighted by molar-refractivity contribution is 0.412. The fraction of sp³-hybridized carbons (Fsp3) is 0.308. The van der Waals surface area contributed by atoms with Crippen molar-refractivity contribution < 1.29 is 4.74 Å². The molecule has 1 unspecified atom stereocenters. The van der Waals surface area contributed by atoms with Crippen LogP contribution in [0.4, 0.5) is 5.69 Å². The maximum Gasteiger partial charge on any atom is 0.133 e. The van der Waals surface area contributed by atoms with Gasteiger partial charge in [-0.3, -0.25) is 0 Å². The average molecular weight is 327 g/mol. The molecule has 5 heteroatoms. The van der Waals surface area contributed by atoms with E-state index in [4.69, 9.17) is 4.74 Å². The van der Waals surface area contributed by atoms with Crippen LogP contribution in [0, 0.1) is 6.92 Å². The highest BCUT2D eigenvalue weighted by molar-refractivity contribution is 9.10. The molecule has 0 spiro atoms. The number of benzene rings is 1. The Labute approximate surface area is 119 Å². The van der Waals surface area contributed by atoms with Gasteiger partial charge in [-0.25, -0.2) is 4.98 Å². The predicted octanol–water partition coefficient (Wildman–Crippen LogP) is 4.40. The quantitative estimate of drug-likeness (QED) is 0.904. The molecule has 1 N–H and O–H groups in total. The molecule has 0 radical (unpaired) electrons. The third kappa shape index (κ3) is 2.84. The average Bonchev–Trinajstić information content (AvgIpc) is 2.76.